The number of carbonyl (C=O) groups is 10. The van der Waals surface area contributed by atoms with E-state index in [1.165, 1.54) is 98.6 Å². The van der Waals surface area contributed by atoms with Gasteiger partial charge in [-0.25, -0.2) is 19.9 Å². The van der Waals surface area contributed by atoms with Gasteiger partial charge in [0.1, 0.15) is 47.4 Å². The Morgan fingerprint density at radius 2 is 0.969 bits per heavy atom. The number of hydrogen-bond donors (Lipinski definition) is 4. The molecule has 2 aromatic carbocycles. The molecule has 8 heterocycles. The number of oxazole rings is 2. The van der Waals surface area contributed by atoms with Gasteiger partial charge in [-0.2, -0.15) is 0 Å². The summed E-state index contributed by atoms with van der Waals surface area (Å²) in [7, 11) is 0. The molecule has 0 radical (unpaired) electrons. The van der Waals surface area contributed by atoms with E-state index in [0.29, 0.717) is 33.8 Å². The number of carboxylic acids is 2. The number of fused-ring (bicyclic) bond motifs is 2. The summed E-state index contributed by atoms with van der Waals surface area (Å²) in [6, 6.07) is 6.89. The van der Waals surface area contributed by atoms with E-state index in [4.69, 9.17) is 48.9 Å². The number of aromatic nitrogens is 4. The number of aliphatic carboxylic acids is 2. The molecular weight excluding hydrogens is 1400 g/mol. The molecule has 0 spiro atoms. The number of rotatable bonds is 24. The molecule has 0 bridgehead atoms. The maximum Gasteiger partial charge on any atom is 1.00 e. The third-order valence-corrected chi connectivity index (χ3v) is 18.6. The van der Waals surface area contributed by atoms with Gasteiger partial charge in [-0.3, -0.25) is 48.2 Å². The standard InChI is InChI=1S/2C28H26N6O10S3.2Na/c2*1-4-41-33-20(16-11-46-27(29)31-16)23(37)32-21-24(38)34-22(26(39)40)15(9-45-25(21)34)10-47-28-30-8-19(44-28)14-5-6-17(42-12(2)35)18(7-14)43-13(3)36;;/h2*5-8,11,21,25H,4,9-10H2,1-3H3,(H2,29,31)(H,32,37)(H,39,40);;/q;;2*+1/p-2/t2*21-,25+;;/m11../s1. The summed E-state index contributed by atoms with van der Waals surface area (Å²) in [5.74, 6) is -6.91. The summed E-state index contributed by atoms with van der Waals surface area (Å²) in [5.41, 5.74) is 12.5. The topological polar surface area (TPSA) is 457 Å². The molecule has 4 aliphatic rings. The van der Waals surface area contributed by atoms with E-state index in [0.717, 1.165) is 56.0 Å². The summed E-state index contributed by atoms with van der Waals surface area (Å²) in [4.78, 5) is 152. The van der Waals surface area contributed by atoms with Crippen molar-refractivity contribution in [2.45, 2.75) is 74.8 Å². The van der Waals surface area contributed by atoms with Gasteiger partial charge < -0.3 is 79.4 Å². The second-order valence-electron chi connectivity index (χ2n) is 19.3. The van der Waals surface area contributed by atoms with Crippen LogP contribution in [-0.4, -0.2) is 160 Å². The van der Waals surface area contributed by atoms with Gasteiger partial charge in [0, 0.05) is 72.6 Å². The minimum atomic E-state index is -1.54. The number of thiazole rings is 2. The van der Waals surface area contributed by atoms with Crippen LogP contribution in [0.5, 0.6) is 23.0 Å². The van der Waals surface area contributed by atoms with E-state index in [1.54, 1.807) is 26.0 Å². The van der Waals surface area contributed by atoms with Gasteiger partial charge in [0.05, 0.1) is 35.7 Å². The zero-order chi connectivity index (χ0) is 67.7. The zero-order valence-corrected chi connectivity index (χ0v) is 60.6. The Balaban J connectivity index is 0.000000265. The number of thioether (sulfide) groups is 4. The van der Waals surface area contributed by atoms with Crippen molar-refractivity contribution in [3.63, 3.8) is 0 Å². The monoisotopic (exact) mass is 1450 g/mol. The van der Waals surface area contributed by atoms with E-state index in [9.17, 15) is 58.2 Å². The van der Waals surface area contributed by atoms with Gasteiger partial charge in [0.15, 0.2) is 56.2 Å². The number of nitrogens with two attached hydrogens (primary N) is 2. The molecule has 0 unspecified atom stereocenters. The second-order valence-corrected chi connectivity index (χ2v) is 25.2. The van der Waals surface area contributed by atoms with E-state index in [-0.39, 0.29) is 173 Å². The van der Waals surface area contributed by atoms with Crippen molar-refractivity contribution in [2.75, 3.05) is 47.7 Å². The van der Waals surface area contributed by atoms with Crippen molar-refractivity contribution in [1.29, 1.82) is 0 Å². The Morgan fingerprint density at radius 1 is 0.604 bits per heavy atom. The number of carboxylic acid groups (broad SMARTS) is 2. The summed E-state index contributed by atoms with van der Waals surface area (Å²) in [6.07, 6.45) is 2.85. The number of hydrogen-bond acceptors (Lipinski definition) is 34. The Bertz CT molecular complexity index is 3910. The first kappa shape index (κ1) is 75.6. The first-order chi connectivity index (χ1) is 44.9. The summed E-state index contributed by atoms with van der Waals surface area (Å²) in [6.45, 7) is 8.56. The van der Waals surface area contributed by atoms with Gasteiger partial charge in [-0.05, 0) is 61.4 Å². The Morgan fingerprint density at radius 3 is 1.29 bits per heavy atom. The quantitative estimate of drug-likeness (QED) is 0.00863. The fourth-order valence-electron chi connectivity index (χ4n) is 8.93. The molecule has 32 nitrogen and oxygen atoms in total. The van der Waals surface area contributed by atoms with Crippen LogP contribution in [0.15, 0.2) is 112 Å². The Kier molecular flexibility index (Phi) is 26.7. The molecule has 0 saturated carbocycles. The van der Waals surface area contributed by atoms with Crippen LogP contribution in [0.1, 0.15) is 52.9 Å². The molecule has 2 saturated heterocycles. The summed E-state index contributed by atoms with van der Waals surface area (Å²) >= 11 is 6.93. The molecule has 10 rings (SSSR count). The normalized spacial score (nSPS) is 17.1. The minimum absolute atomic E-state index is 0. The Hall–Kier alpha value is -7.76. The van der Waals surface area contributed by atoms with Gasteiger partial charge in [0.2, 0.25) is 0 Å². The SMILES string of the molecule is CCON=C(C(=O)N[C@@H]1C(=O)N2C(C(=O)[O-])=C(CSc3ncc(-c4ccc(OC(C)=O)c(OC(C)=O)c4)o3)CS[C@@H]12)c1csc(N)n1.CCON=C(C(=O)N[C@@H]1C(=O)N2C(C(=O)[O-])=C(CSc3ncc(-c4ccc(OC(C)=O)c(OC(C)=O)c4)o3)CS[C@@H]12)c1csc(N)n1.[Na+].[Na+]. The molecule has 96 heavy (non-hydrogen) atoms. The molecule has 40 heteroatoms. The molecule has 4 atom stereocenters. The maximum atomic E-state index is 13.2. The number of β-lactam (4-membered cyclic amide) rings is 2. The van der Waals surface area contributed by atoms with Crippen LogP contribution in [0.4, 0.5) is 10.3 Å². The maximum absolute atomic E-state index is 13.2. The van der Waals surface area contributed by atoms with Crippen molar-refractivity contribution in [1.82, 2.24) is 40.4 Å². The molecule has 492 valence electrons. The first-order valence-corrected chi connectivity index (χ1v) is 33.2. The van der Waals surface area contributed by atoms with Crippen molar-refractivity contribution in [3.05, 3.63) is 93.5 Å². The fourth-order valence-corrected chi connectivity index (χ4v) is 14.6. The van der Waals surface area contributed by atoms with E-state index >= 15 is 0 Å². The van der Waals surface area contributed by atoms with E-state index in [1.807, 2.05) is 0 Å². The van der Waals surface area contributed by atoms with Crippen LogP contribution in [0.25, 0.3) is 22.6 Å². The molecule has 6 aromatic rings. The fraction of sp³-hybridized carbons (Fsp3) is 0.286. The van der Waals surface area contributed by atoms with Crippen LogP contribution >= 0.6 is 69.7 Å². The van der Waals surface area contributed by atoms with Crippen molar-refractivity contribution < 1.29 is 155 Å². The van der Waals surface area contributed by atoms with Gasteiger partial charge in [-0.1, -0.05) is 33.8 Å². The average Bonchev–Trinajstić information content (AvgIpc) is 0.879. The number of nitrogen functional groups attached to an aromatic ring is 2. The second kappa shape index (κ2) is 34.0. The number of benzene rings is 2. The minimum Gasteiger partial charge on any atom is -0.543 e. The third-order valence-electron chi connectivity index (χ3n) is 12.8. The molecule has 0 aliphatic carbocycles. The van der Waals surface area contributed by atoms with Crippen LogP contribution in [0, 0.1) is 0 Å². The number of amides is 4. The molecule has 6 N–H and O–H groups in total. The van der Waals surface area contributed by atoms with Gasteiger partial charge in [-0.15, -0.1) is 46.2 Å². The Labute approximate surface area is 612 Å². The summed E-state index contributed by atoms with van der Waals surface area (Å²) in [5, 5.41) is 39.7. The smallest absolute Gasteiger partial charge is 0.543 e. The number of anilines is 2. The molecule has 2 fully saturated rings. The van der Waals surface area contributed by atoms with Crippen LogP contribution in [-0.2, 0) is 57.6 Å². The number of esters is 4. The molecule has 4 aromatic heterocycles. The molecule has 4 aliphatic heterocycles. The van der Waals surface area contributed by atoms with Crippen LogP contribution < -0.4 is 110 Å². The first-order valence-electron chi connectivity index (χ1n) is 27.3. The summed E-state index contributed by atoms with van der Waals surface area (Å²) < 4.78 is 32.1. The number of oxime groups is 2. The zero-order valence-electron chi connectivity index (χ0n) is 51.7. The third kappa shape index (κ3) is 18.1. The van der Waals surface area contributed by atoms with Gasteiger partial charge >= 0.3 is 83.0 Å². The van der Waals surface area contributed by atoms with Crippen molar-refractivity contribution in [3.8, 4) is 45.6 Å². The van der Waals surface area contributed by atoms with Crippen molar-refractivity contribution in [2.24, 2.45) is 10.3 Å². The number of nitrogens with one attached hydrogen (secondary N) is 2. The predicted molar refractivity (Wildman–Crippen MR) is 334 cm³/mol. The molecule has 4 amide bonds. The largest absolute Gasteiger partial charge is 1.00 e. The van der Waals surface area contributed by atoms with Crippen LogP contribution in [0.3, 0.4) is 0 Å². The number of carbonyl (C=O) groups excluding carboxylic acids is 10. The van der Waals surface area contributed by atoms with Gasteiger partial charge in [0.25, 0.3) is 34.1 Å². The average molecular weight is 1450 g/mol. The van der Waals surface area contributed by atoms with E-state index < -0.39 is 82.3 Å². The molecular formula is C56H50N12Na2O20S6. The number of nitrogens with zero attached hydrogens (tertiary/aromatic N) is 8. The number of ether oxygens (including phenoxy) is 4. The van der Waals surface area contributed by atoms with E-state index in [2.05, 4.69) is 40.9 Å². The predicted octanol–water partition coefficient (Wildman–Crippen LogP) is -3.66. The van der Waals surface area contributed by atoms with Crippen LogP contribution in [0.2, 0.25) is 0 Å². The van der Waals surface area contributed by atoms with Crippen molar-refractivity contribution >= 4 is 151 Å².